The van der Waals surface area contributed by atoms with E-state index >= 15 is 0 Å². The molecule has 0 radical (unpaired) electrons. The highest BCUT2D eigenvalue weighted by Crippen LogP contribution is 2.37. The molecular weight excluding hydrogens is 494 g/mol. The molecule has 1 aromatic heterocycles. The normalized spacial score (nSPS) is 18.1. The summed E-state index contributed by atoms with van der Waals surface area (Å²) < 4.78 is 5.64. The number of likely N-dealkylation sites (N-methyl/N-ethyl adjacent to an activating group) is 1. The van der Waals surface area contributed by atoms with Gasteiger partial charge in [-0.3, -0.25) is 14.5 Å². The summed E-state index contributed by atoms with van der Waals surface area (Å²) in [4.78, 5) is 43.5. The highest BCUT2D eigenvalue weighted by Gasteiger charge is 2.38. The van der Waals surface area contributed by atoms with Gasteiger partial charge in [0.25, 0.3) is 5.91 Å². The third kappa shape index (κ3) is 6.11. The maximum atomic E-state index is 13.3. The van der Waals surface area contributed by atoms with Crippen LogP contribution in [0.15, 0.2) is 24.4 Å². The number of methoxy groups -OCH3 is 1. The molecule has 1 N–H and O–H groups in total. The number of fused-ring (bicyclic) bond motifs is 1. The van der Waals surface area contributed by atoms with Crippen LogP contribution in [0.1, 0.15) is 57.8 Å². The van der Waals surface area contributed by atoms with E-state index in [-0.39, 0.29) is 23.9 Å². The molecule has 39 heavy (non-hydrogen) atoms. The van der Waals surface area contributed by atoms with E-state index < -0.39 is 0 Å². The largest absolute Gasteiger partial charge is 0.495 e. The smallest absolute Gasteiger partial charge is 0.254 e. The molecule has 4 rings (SSSR count). The van der Waals surface area contributed by atoms with Crippen LogP contribution >= 0.6 is 0 Å². The van der Waals surface area contributed by atoms with E-state index in [0.29, 0.717) is 41.0 Å². The molecule has 1 fully saturated rings. The molecule has 0 saturated carbocycles. The van der Waals surface area contributed by atoms with Crippen molar-refractivity contribution in [1.82, 2.24) is 19.8 Å². The van der Waals surface area contributed by atoms with Crippen molar-refractivity contribution in [3.8, 4) is 5.75 Å². The van der Waals surface area contributed by atoms with Crippen LogP contribution in [-0.4, -0.2) is 90.5 Å². The molecule has 1 atom stereocenters. The van der Waals surface area contributed by atoms with Crippen molar-refractivity contribution in [2.45, 2.75) is 59.5 Å². The Bertz CT molecular complexity index is 1180. The summed E-state index contributed by atoms with van der Waals surface area (Å²) in [7, 11) is 3.35. The van der Waals surface area contributed by atoms with E-state index in [1.807, 2.05) is 24.0 Å². The lowest BCUT2D eigenvalue weighted by Gasteiger charge is -2.42. The van der Waals surface area contributed by atoms with Gasteiger partial charge in [-0.1, -0.05) is 20.8 Å². The Balaban J connectivity index is 1.50. The molecule has 212 valence electrons. The highest BCUT2D eigenvalue weighted by molar-refractivity contribution is 6.04. The van der Waals surface area contributed by atoms with Crippen molar-refractivity contribution in [1.29, 1.82) is 0 Å². The number of piperazine rings is 1. The van der Waals surface area contributed by atoms with Gasteiger partial charge in [0.05, 0.1) is 19.0 Å². The molecular formula is C29H43N7O3. The molecule has 10 heteroatoms. The van der Waals surface area contributed by atoms with Crippen LogP contribution in [0.25, 0.3) is 0 Å². The zero-order chi connectivity index (χ0) is 28.3. The minimum Gasteiger partial charge on any atom is -0.495 e. The van der Waals surface area contributed by atoms with Crippen LogP contribution in [0.3, 0.4) is 0 Å². The van der Waals surface area contributed by atoms with Crippen LogP contribution in [-0.2, 0) is 4.79 Å². The first-order valence-corrected chi connectivity index (χ1v) is 14.0. The summed E-state index contributed by atoms with van der Waals surface area (Å²) in [5.74, 6) is 2.39. The SMILES string of the molecule is CCC1C(=O)N(C)c2cnc(Nc3ccc(C(=O)N4CCN(CCC(C)C)CC4)cc3OC)nc2N1C(C)C. The van der Waals surface area contributed by atoms with Gasteiger partial charge in [-0.25, -0.2) is 4.98 Å². The predicted octanol–water partition coefficient (Wildman–Crippen LogP) is 4.00. The molecule has 1 aromatic carbocycles. The molecule has 1 saturated heterocycles. The Hall–Kier alpha value is -3.40. The van der Waals surface area contributed by atoms with Crippen molar-refractivity contribution in [3.63, 3.8) is 0 Å². The Kier molecular flexibility index (Phi) is 8.94. The molecule has 0 spiro atoms. The molecule has 2 aliphatic rings. The Morgan fingerprint density at radius 2 is 1.87 bits per heavy atom. The van der Waals surface area contributed by atoms with Crippen molar-refractivity contribution in [2.75, 3.05) is 62.0 Å². The number of carbonyl (C=O) groups is 2. The van der Waals surface area contributed by atoms with Gasteiger partial charge >= 0.3 is 0 Å². The van der Waals surface area contributed by atoms with Crippen LogP contribution in [0.4, 0.5) is 23.1 Å². The average molecular weight is 538 g/mol. The van der Waals surface area contributed by atoms with Crippen LogP contribution in [0, 0.1) is 5.92 Å². The fourth-order valence-electron chi connectivity index (χ4n) is 5.28. The van der Waals surface area contributed by atoms with Crippen LogP contribution in [0.5, 0.6) is 5.75 Å². The van der Waals surface area contributed by atoms with E-state index in [4.69, 9.17) is 9.72 Å². The molecule has 2 amide bonds. The minimum atomic E-state index is -0.276. The van der Waals surface area contributed by atoms with Gasteiger partial charge in [-0.15, -0.1) is 0 Å². The number of hydrogen-bond acceptors (Lipinski definition) is 8. The van der Waals surface area contributed by atoms with Crippen molar-refractivity contribution >= 4 is 35.0 Å². The summed E-state index contributed by atoms with van der Waals surface area (Å²) in [5, 5.41) is 3.26. The summed E-state index contributed by atoms with van der Waals surface area (Å²) in [6.07, 6.45) is 3.54. The summed E-state index contributed by atoms with van der Waals surface area (Å²) in [6.45, 7) is 15.0. The fraction of sp³-hybridized carbons (Fsp3) is 0.586. The second kappa shape index (κ2) is 12.2. The Morgan fingerprint density at radius 3 is 2.49 bits per heavy atom. The van der Waals surface area contributed by atoms with Gasteiger partial charge < -0.3 is 24.8 Å². The van der Waals surface area contributed by atoms with E-state index in [2.05, 4.69) is 47.8 Å². The van der Waals surface area contributed by atoms with Gasteiger partial charge in [0.1, 0.15) is 17.5 Å². The number of hydrogen-bond donors (Lipinski definition) is 1. The standard InChI is InChI=1S/C29H43N7O3/c1-8-23-28(38)33(6)24-18-30-29(32-26(24)36(23)20(4)5)31-22-10-9-21(17-25(22)39-7)27(37)35-15-13-34(14-16-35)12-11-19(2)3/h9-10,17-20,23H,8,11-16H2,1-7H3,(H,30,31,32). The molecule has 10 nitrogen and oxygen atoms in total. The van der Waals surface area contributed by atoms with Crippen molar-refractivity contribution < 1.29 is 14.3 Å². The lowest BCUT2D eigenvalue weighted by atomic mass is 10.1. The van der Waals surface area contributed by atoms with Gasteiger partial charge in [0, 0.05) is 44.8 Å². The van der Waals surface area contributed by atoms with E-state index in [9.17, 15) is 9.59 Å². The molecule has 2 aliphatic heterocycles. The van der Waals surface area contributed by atoms with Gasteiger partial charge in [0.15, 0.2) is 5.82 Å². The fourth-order valence-corrected chi connectivity index (χ4v) is 5.28. The number of nitrogens with one attached hydrogen (secondary N) is 1. The van der Waals surface area contributed by atoms with E-state index in [1.165, 1.54) is 6.42 Å². The maximum Gasteiger partial charge on any atom is 0.254 e. The molecule has 2 aromatic rings. The van der Waals surface area contributed by atoms with E-state index in [0.717, 1.165) is 38.5 Å². The lowest BCUT2D eigenvalue weighted by Crippen LogP contribution is -2.54. The quantitative estimate of drug-likeness (QED) is 0.513. The summed E-state index contributed by atoms with van der Waals surface area (Å²) in [6, 6.07) is 5.23. The third-order valence-electron chi connectivity index (χ3n) is 7.63. The topological polar surface area (TPSA) is 94.1 Å². The first-order chi connectivity index (χ1) is 18.6. The van der Waals surface area contributed by atoms with Crippen molar-refractivity contribution in [3.05, 3.63) is 30.0 Å². The number of anilines is 4. The molecule has 1 unspecified atom stereocenters. The van der Waals surface area contributed by atoms with Crippen molar-refractivity contribution in [2.24, 2.45) is 5.92 Å². The van der Waals surface area contributed by atoms with Gasteiger partial charge in [-0.05, 0) is 57.4 Å². The predicted molar refractivity (Wildman–Crippen MR) is 155 cm³/mol. The number of carbonyl (C=O) groups excluding carboxylic acids is 2. The second-order valence-corrected chi connectivity index (χ2v) is 11.1. The zero-order valence-electron chi connectivity index (χ0n) is 24.4. The van der Waals surface area contributed by atoms with E-state index in [1.54, 1.807) is 31.3 Å². The van der Waals surface area contributed by atoms with Crippen LogP contribution < -0.4 is 19.9 Å². The molecule has 3 heterocycles. The summed E-state index contributed by atoms with van der Waals surface area (Å²) >= 11 is 0. The number of aromatic nitrogens is 2. The van der Waals surface area contributed by atoms with Gasteiger partial charge in [0.2, 0.25) is 11.9 Å². The minimum absolute atomic E-state index is 0.0132. The monoisotopic (exact) mass is 537 g/mol. The number of ether oxygens (including phenoxy) is 1. The second-order valence-electron chi connectivity index (χ2n) is 11.1. The highest BCUT2D eigenvalue weighted by atomic mass is 16.5. The average Bonchev–Trinajstić information content (AvgIpc) is 2.93. The third-order valence-corrected chi connectivity index (χ3v) is 7.63. The van der Waals surface area contributed by atoms with Gasteiger partial charge in [-0.2, -0.15) is 4.98 Å². The summed E-state index contributed by atoms with van der Waals surface area (Å²) in [5.41, 5.74) is 1.94. The number of amides is 2. The Morgan fingerprint density at radius 1 is 1.15 bits per heavy atom. The molecule has 0 bridgehead atoms. The number of nitrogens with zero attached hydrogens (tertiary/aromatic N) is 6. The molecule has 0 aliphatic carbocycles. The first kappa shape index (κ1) is 28.6. The van der Waals surface area contributed by atoms with Crippen LogP contribution in [0.2, 0.25) is 0 Å². The lowest BCUT2D eigenvalue weighted by molar-refractivity contribution is -0.120. The maximum absolute atomic E-state index is 13.3. The first-order valence-electron chi connectivity index (χ1n) is 14.0. The number of benzene rings is 1. The Labute approximate surface area is 232 Å². The number of rotatable bonds is 9. The zero-order valence-corrected chi connectivity index (χ0v) is 24.4.